The quantitative estimate of drug-likeness (QED) is 0.258. The van der Waals surface area contributed by atoms with Gasteiger partial charge in [-0.3, -0.25) is 9.59 Å². The summed E-state index contributed by atoms with van der Waals surface area (Å²) in [5.41, 5.74) is 1.04. The molecule has 2 aromatic carbocycles. The zero-order chi connectivity index (χ0) is 19.6. The van der Waals surface area contributed by atoms with Gasteiger partial charge in [-0.05, 0) is 17.7 Å². The van der Waals surface area contributed by atoms with Crippen molar-refractivity contribution in [3.63, 3.8) is 0 Å². The summed E-state index contributed by atoms with van der Waals surface area (Å²) in [5, 5.41) is 33.1. The van der Waals surface area contributed by atoms with Gasteiger partial charge in [-0.25, -0.2) is 5.84 Å². The number of aldehydes is 1. The van der Waals surface area contributed by atoms with Gasteiger partial charge in [0.25, 0.3) is 0 Å². The van der Waals surface area contributed by atoms with Crippen LogP contribution in [0.15, 0.2) is 53.9 Å². The number of hydrogen-bond donors (Lipinski definition) is 4. The third-order valence-electron chi connectivity index (χ3n) is 4.17. The number of aliphatic hydroxyl groups is 1. The van der Waals surface area contributed by atoms with E-state index in [2.05, 4.69) is 5.32 Å². The van der Waals surface area contributed by atoms with Crippen molar-refractivity contribution in [2.45, 2.75) is 12.6 Å². The second kappa shape index (κ2) is 7.29. The summed E-state index contributed by atoms with van der Waals surface area (Å²) in [6.07, 6.45) is -0.994. The normalized spacial score (nSPS) is 15.7. The van der Waals surface area contributed by atoms with Crippen LogP contribution in [0, 0.1) is 11.3 Å². The van der Waals surface area contributed by atoms with E-state index in [0.717, 1.165) is 5.56 Å². The maximum atomic E-state index is 12.1. The fourth-order valence-electron chi connectivity index (χ4n) is 2.78. The molecule has 1 unspecified atom stereocenters. The molecule has 0 heterocycles. The minimum absolute atomic E-state index is 0.00277. The lowest BCUT2D eigenvalue weighted by molar-refractivity contribution is -0.125. The zero-order valence-electron chi connectivity index (χ0n) is 14.1. The van der Waals surface area contributed by atoms with Crippen LogP contribution in [-0.4, -0.2) is 33.4 Å². The molecular formula is C19H16N4O4. The molecule has 8 nitrogen and oxygen atoms in total. The molecule has 1 aliphatic carbocycles. The highest BCUT2D eigenvalue weighted by Gasteiger charge is 2.41. The molecule has 136 valence electrons. The fraction of sp³-hybridized carbons (Fsp3) is 0.105. The summed E-state index contributed by atoms with van der Waals surface area (Å²) in [4.78, 5) is 23.1. The number of Topliss-reactive ketones (excluding diaryl/α,β-unsaturated/α-hetero) is 1. The molecule has 0 fully saturated rings. The number of carbonyl (C=O) groups is 2. The molecule has 0 spiro atoms. The van der Waals surface area contributed by atoms with Gasteiger partial charge < -0.3 is 20.5 Å². The Morgan fingerprint density at radius 3 is 2.63 bits per heavy atom. The molecule has 1 atom stereocenters. The Balaban J connectivity index is 1.93. The summed E-state index contributed by atoms with van der Waals surface area (Å²) < 4.78 is 0. The molecule has 0 bridgehead atoms. The lowest BCUT2D eigenvalue weighted by Gasteiger charge is -2.35. The number of nitrogens with zero attached hydrogens (tertiary/aromatic N) is 2. The highest BCUT2D eigenvalue weighted by molar-refractivity contribution is 6.10. The highest BCUT2D eigenvalue weighted by Crippen LogP contribution is 2.34. The fourth-order valence-corrected chi connectivity index (χ4v) is 2.78. The van der Waals surface area contributed by atoms with Gasteiger partial charge in [0.1, 0.15) is 11.4 Å². The number of phenols is 1. The molecule has 0 amide bonds. The van der Waals surface area contributed by atoms with Gasteiger partial charge in [-0.1, -0.05) is 30.3 Å². The largest absolute Gasteiger partial charge is 0.505 e. The summed E-state index contributed by atoms with van der Waals surface area (Å²) in [5.74, 6) is 5.00. The standard InChI is InChI=1S/C19H16N4O4/c20-8-12-6-13(10-24)17(25)14(7-12)22-15-16(19(27)18(15)26)23(21)9-11-4-2-1-3-5-11/h1-7,10,19,22,25,27H,9,21H2. The number of carbonyl (C=O) groups excluding carboxylic acids is 2. The first-order valence-electron chi connectivity index (χ1n) is 7.98. The smallest absolute Gasteiger partial charge is 0.215 e. The van der Waals surface area contributed by atoms with E-state index in [4.69, 9.17) is 11.1 Å². The molecular weight excluding hydrogens is 348 g/mol. The average molecular weight is 364 g/mol. The van der Waals surface area contributed by atoms with Gasteiger partial charge in [0.05, 0.1) is 35.1 Å². The lowest BCUT2D eigenvalue weighted by Crippen LogP contribution is -2.49. The molecule has 2 aromatic rings. The highest BCUT2D eigenvalue weighted by atomic mass is 16.3. The number of nitrogens with one attached hydrogen (secondary N) is 1. The number of hydrogen-bond acceptors (Lipinski definition) is 8. The number of aromatic hydroxyl groups is 1. The van der Waals surface area contributed by atoms with E-state index in [9.17, 15) is 19.8 Å². The molecule has 0 aromatic heterocycles. The molecule has 8 heteroatoms. The Labute approximate surface area is 154 Å². The van der Waals surface area contributed by atoms with E-state index < -0.39 is 17.6 Å². The van der Waals surface area contributed by atoms with Crippen LogP contribution in [-0.2, 0) is 11.3 Å². The molecule has 3 rings (SSSR count). The van der Waals surface area contributed by atoms with Crippen LogP contribution in [0.4, 0.5) is 5.69 Å². The first kappa shape index (κ1) is 18.1. The topological polar surface area (TPSA) is 140 Å². The monoisotopic (exact) mass is 364 g/mol. The Hall–Kier alpha value is -3.67. The maximum Gasteiger partial charge on any atom is 0.215 e. The van der Waals surface area contributed by atoms with Crippen LogP contribution in [0.3, 0.4) is 0 Å². The van der Waals surface area contributed by atoms with Crippen molar-refractivity contribution in [3.05, 3.63) is 70.5 Å². The third kappa shape index (κ3) is 3.37. The molecule has 0 aliphatic heterocycles. The van der Waals surface area contributed by atoms with Crippen molar-refractivity contribution < 1.29 is 19.8 Å². The van der Waals surface area contributed by atoms with E-state index in [1.807, 2.05) is 36.4 Å². The van der Waals surface area contributed by atoms with Gasteiger partial charge in [0.2, 0.25) is 5.78 Å². The van der Waals surface area contributed by atoms with Crippen molar-refractivity contribution >= 4 is 17.8 Å². The van der Waals surface area contributed by atoms with E-state index >= 15 is 0 Å². The lowest BCUT2D eigenvalue weighted by atomic mass is 9.93. The summed E-state index contributed by atoms with van der Waals surface area (Å²) in [6, 6.07) is 13.6. The summed E-state index contributed by atoms with van der Waals surface area (Å²) >= 11 is 0. The van der Waals surface area contributed by atoms with Crippen LogP contribution < -0.4 is 11.2 Å². The van der Waals surface area contributed by atoms with Crippen LogP contribution in [0.25, 0.3) is 0 Å². The number of hydrazine groups is 1. The Morgan fingerprint density at radius 2 is 2.00 bits per heavy atom. The van der Waals surface area contributed by atoms with Crippen molar-refractivity contribution in [3.8, 4) is 11.8 Å². The maximum absolute atomic E-state index is 12.1. The van der Waals surface area contributed by atoms with Gasteiger partial charge in [0, 0.05) is 0 Å². The second-order valence-corrected chi connectivity index (χ2v) is 5.96. The number of benzene rings is 2. The van der Waals surface area contributed by atoms with Gasteiger partial charge in [-0.2, -0.15) is 5.26 Å². The van der Waals surface area contributed by atoms with Crippen molar-refractivity contribution in [1.29, 1.82) is 5.26 Å². The zero-order valence-corrected chi connectivity index (χ0v) is 14.1. The van der Waals surface area contributed by atoms with Crippen LogP contribution in [0.2, 0.25) is 0 Å². The van der Waals surface area contributed by atoms with E-state index in [1.54, 1.807) is 0 Å². The predicted molar refractivity (Wildman–Crippen MR) is 96.0 cm³/mol. The number of ketones is 1. The first-order chi connectivity index (χ1) is 13.0. The van der Waals surface area contributed by atoms with Gasteiger partial charge >= 0.3 is 0 Å². The number of nitrogens with two attached hydrogens (primary N) is 1. The van der Waals surface area contributed by atoms with Crippen LogP contribution >= 0.6 is 0 Å². The number of phenolic OH excluding ortho intramolecular Hbond substituents is 1. The number of aliphatic hydroxyl groups excluding tert-OH is 1. The number of nitriles is 1. The minimum atomic E-state index is -1.40. The van der Waals surface area contributed by atoms with E-state index in [-0.39, 0.29) is 34.8 Å². The van der Waals surface area contributed by atoms with Crippen molar-refractivity contribution in [2.24, 2.45) is 5.84 Å². The van der Waals surface area contributed by atoms with Crippen molar-refractivity contribution in [2.75, 3.05) is 5.32 Å². The first-order valence-corrected chi connectivity index (χ1v) is 7.98. The molecule has 0 saturated carbocycles. The Kier molecular flexibility index (Phi) is 4.90. The SMILES string of the molecule is N#Cc1cc(C=O)c(O)c(NC2=C(N(N)Cc3ccccc3)C(O)C2=O)c1. The molecule has 0 radical (unpaired) electrons. The van der Waals surface area contributed by atoms with Gasteiger partial charge in [-0.15, -0.1) is 0 Å². The van der Waals surface area contributed by atoms with E-state index in [0.29, 0.717) is 6.29 Å². The molecule has 0 saturated heterocycles. The van der Waals surface area contributed by atoms with Crippen LogP contribution in [0.5, 0.6) is 5.75 Å². The third-order valence-corrected chi connectivity index (χ3v) is 4.17. The summed E-state index contributed by atoms with van der Waals surface area (Å²) in [6.45, 7) is 0.246. The molecule has 1 aliphatic rings. The second-order valence-electron chi connectivity index (χ2n) is 5.96. The van der Waals surface area contributed by atoms with Crippen LogP contribution in [0.1, 0.15) is 21.5 Å². The van der Waals surface area contributed by atoms with E-state index in [1.165, 1.54) is 17.1 Å². The molecule has 5 N–H and O–H groups in total. The Morgan fingerprint density at radius 1 is 1.30 bits per heavy atom. The summed E-state index contributed by atoms with van der Waals surface area (Å²) in [7, 11) is 0. The van der Waals surface area contributed by atoms with Crippen molar-refractivity contribution in [1.82, 2.24) is 5.01 Å². The minimum Gasteiger partial charge on any atom is -0.505 e. The number of rotatable bonds is 6. The van der Waals surface area contributed by atoms with Gasteiger partial charge in [0.15, 0.2) is 12.4 Å². The number of anilines is 1. The molecule has 27 heavy (non-hydrogen) atoms. The Bertz CT molecular complexity index is 979. The average Bonchev–Trinajstić information content (AvgIpc) is 2.69. The predicted octanol–water partition coefficient (Wildman–Crippen LogP) is 1.02.